The largest absolute Gasteiger partial charge is 0.384 e. The minimum atomic E-state index is 0.501. The van der Waals surface area contributed by atoms with Crippen molar-refractivity contribution in [1.82, 2.24) is 10.2 Å². The van der Waals surface area contributed by atoms with Crippen molar-refractivity contribution >= 4 is 39.5 Å². The Morgan fingerprint density at radius 1 is 1.26 bits per heavy atom. The summed E-state index contributed by atoms with van der Waals surface area (Å²) in [5, 5.41) is 16.3. The van der Waals surface area contributed by atoms with Gasteiger partial charge in [0.15, 0.2) is 5.11 Å². The van der Waals surface area contributed by atoms with E-state index < -0.39 is 0 Å². The topological polar surface area (TPSA) is 59.1 Å². The Labute approximate surface area is 121 Å². The molecule has 1 aromatic carbocycles. The van der Waals surface area contributed by atoms with Gasteiger partial charge >= 0.3 is 0 Å². The van der Waals surface area contributed by atoms with Crippen LogP contribution in [-0.4, -0.2) is 29.0 Å². The Hall–Kier alpha value is -1.57. The molecule has 0 saturated carbocycles. The fourth-order valence-corrected chi connectivity index (χ4v) is 2.38. The van der Waals surface area contributed by atoms with Crippen LogP contribution in [0.5, 0.6) is 0 Å². The molecule has 100 valence electrons. The lowest BCUT2D eigenvalue weighted by molar-refractivity contribution is 0.202. The lowest BCUT2D eigenvalue weighted by Gasteiger charge is -2.07. The molecule has 1 aromatic heterocycles. The molecule has 0 atom stereocenters. The average molecular weight is 294 g/mol. The molecule has 0 aliphatic rings. The summed E-state index contributed by atoms with van der Waals surface area (Å²) >= 11 is 6.68. The first-order valence-corrected chi connectivity index (χ1v) is 6.95. The zero-order valence-corrected chi connectivity index (χ0v) is 12.1. The van der Waals surface area contributed by atoms with Crippen molar-refractivity contribution in [3.8, 4) is 0 Å². The van der Waals surface area contributed by atoms with Gasteiger partial charge < -0.3 is 15.4 Å². The van der Waals surface area contributed by atoms with Crippen LogP contribution in [0.2, 0.25) is 0 Å². The van der Waals surface area contributed by atoms with Gasteiger partial charge in [0, 0.05) is 19.2 Å². The van der Waals surface area contributed by atoms with Crippen molar-refractivity contribution in [3.63, 3.8) is 0 Å². The number of ether oxygens (including phenoxy) is 1. The van der Waals surface area contributed by atoms with Crippen LogP contribution in [0.4, 0.5) is 10.8 Å². The number of aromatic nitrogens is 2. The third-order valence-corrected chi connectivity index (χ3v) is 3.34. The standard InChI is InChI=1S/C12H14N4OS2/c1-17-8-7-10-15-16-12(19-10)14-11(18)13-9-5-3-2-4-6-9/h2-6H,7-8H2,1H3,(H2,13,14,16,18). The molecular weight excluding hydrogens is 280 g/mol. The Morgan fingerprint density at radius 2 is 2.05 bits per heavy atom. The van der Waals surface area contributed by atoms with Gasteiger partial charge in [-0.25, -0.2) is 0 Å². The fraction of sp³-hybridized carbons (Fsp3) is 0.250. The van der Waals surface area contributed by atoms with Crippen molar-refractivity contribution in [2.24, 2.45) is 0 Å². The molecule has 0 radical (unpaired) electrons. The number of hydrogen-bond donors (Lipinski definition) is 2. The minimum absolute atomic E-state index is 0.501. The summed E-state index contributed by atoms with van der Waals surface area (Å²) in [5.74, 6) is 0. The summed E-state index contributed by atoms with van der Waals surface area (Å²) in [5.41, 5.74) is 0.934. The Morgan fingerprint density at radius 3 is 2.79 bits per heavy atom. The van der Waals surface area contributed by atoms with Crippen LogP contribution in [0.1, 0.15) is 5.01 Å². The molecule has 5 nitrogen and oxygen atoms in total. The van der Waals surface area contributed by atoms with Crippen molar-refractivity contribution in [1.29, 1.82) is 0 Å². The second kappa shape index (κ2) is 7.13. The Kier molecular flexibility index (Phi) is 5.20. The molecule has 2 N–H and O–H groups in total. The number of para-hydroxylation sites is 1. The number of anilines is 2. The van der Waals surface area contributed by atoms with E-state index in [0.29, 0.717) is 16.9 Å². The van der Waals surface area contributed by atoms with Gasteiger partial charge in [-0.3, -0.25) is 0 Å². The minimum Gasteiger partial charge on any atom is -0.384 e. The second-order valence-corrected chi connectivity index (χ2v) is 5.16. The van der Waals surface area contributed by atoms with Crippen LogP contribution >= 0.6 is 23.6 Å². The molecule has 2 aromatic rings. The fourth-order valence-electron chi connectivity index (χ4n) is 1.38. The normalized spacial score (nSPS) is 10.2. The van der Waals surface area contributed by atoms with Gasteiger partial charge in [0.2, 0.25) is 5.13 Å². The molecule has 0 unspecified atom stereocenters. The number of benzene rings is 1. The third kappa shape index (κ3) is 4.55. The highest BCUT2D eigenvalue weighted by Crippen LogP contribution is 2.16. The zero-order chi connectivity index (χ0) is 13.5. The maximum absolute atomic E-state index is 5.21. The first-order valence-electron chi connectivity index (χ1n) is 5.72. The average Bonchev–Trinajstić information content (AvgIpc) is 2.85. The number of nitrogens with one attached hydrogen (secondary N) is 2. The Bertz CT molecular complexity index is 530. The molecule has 0 aliphatic carbocycles. The van der Waals surface area contributed by atoms with E-state index in [4.69, 9.17) is 17.0 Å². The summed E-state index contributed by atoms with van der Waals surface area (Å²) in [4.78, 5) is 0. The van der Waals surface area contributed by atoms with Crippen LogP contribution in [0.15, 0.2) is 30.3 Å². The van der Waals surface area contributed by atoms with E-state index in [9.17, 15) is 0 Å². The molecule has 1 heterocycles. The summed E-state index contributed by atoms with van der Waals surface area (Å²) in [6, 6.07) is 9.72. The third-order valence-electron chi connectivity index (χ3n) is 2.24. The molecule has 2 rings (SSSR count). The van der Waals surface area contributed by atoms with Crippen molar-refractivity contribution in [2.75, 3.05) is 24.4 Å². The first-order chi connectivity index (χ1) is 9.28. The lowest BCUT2D eigenvalue weighted by Crippen LogP contribution is -2.18. The predicted molar refractivity (Wildman–Crippen MR) is 81.8 cm³/mol. The van der Waals surface area contributed by atoms with E-state index in [-0.39, 0.29) is 0 Å². The highest BCUT2D eigenvalue weighted by atomic mass is 32.1. The molecule has 7 heteroatoms. The van der Waals surface area contributed by atoms with Gasteiger partial charge in [0.1, 0.15) is 5.01 Å². The van der Waals surface area contributed by atoms with E-state index >= 15 is 0 Å². The van der Waals surface area contributed by atoms with E-state index in [1.165, 1.54) is 11.3 Å². The molecule has 0 saturated heterocycles. The number of rotatable bonds is 5. The van der Waals surface area contributed by atoms with Crippen LogP contribution in [-0.2, 0) is 11.2 Å². The van der Waals surface area contributed by atoms with Crippen LogP contribution in [0.3, 0.4) is 0 Å². The van der Waals surface area contributed by atoms with Crippen molar-refractivity contribution in [2.45, 2.75) is 6.42 Å². The van der Waals surface area contributed by atoms with E-state index in [1.54, 1.807) is 7.11 Å². The summed E-state index contributed by atoms with van der Waals surface area (Å²) < 4.78 is 5.00. The van der Waals surface area contributed by atoms with Gasteiger partial charge in [-0.1, -0.05) is 29.5 Å². The van der Waals surface area contributed by atoms with Gasteiger partial charge in [0.05, 0.1) is 6.61 Å². The molecule has 0 amide bonds. The van der Waals surface area contributed by atoms with E-state index in [2.05, 4.69) is 20.8 Å². The van der Waals surface area contributed by atoms with Crippen LogP contribution in [0, 0.1) is 0 Å². The number of methoxy groups -OCH3 is 1. The second-order valence-electron chi connectivity index (χ2n) is 3.69. The molecule has 0 aliphatic heterocycles. The highest BCUT2D eigenvalue weighted by molar-refractivity contribution is 7.80. The lowest BCUT2D eigenvalue weighted by atomic mass is 10.3. The number of nitrogens with zero attached hydrogens (tertiary/aromatic N) is 2. The Balaban J connectivity index is 1.86. The summed E-state index contributed by atoms with van der Waals surface area (Å²) in [6.45, 7) is 0.640. The van der Waals surface area contributed by atoms with Crippen molar-refractivity contribution in [3.05, 3.63) is 35.3 Å². The predicted octanol–water partition coefficient (Wildman–Crippen LogP) is 2.54. The number of thiocarbonyl (C=S) groups is 1. The monoisotopic (exact) mass is 294 g/mol. The maximum Gasteiger partial charge on any atom is 0.211 e. The first kappa shape index (κ1) is 13.9. The molecule has 19 heavy (non-hydrogen) atoms. The SMILES string of the molecule is COCCc1nnc(NC(=S)Nc2ccccc2)s1. The van der Waals surface area contributed by atoms with E-state index in [0.717, 1.165) is 17.1 Å². The molecule has 0 spiro atoms. The van der Waals surface area contributed by atoms with E-state index in [1.807, 2.05) is 30.3 Å². The summed E-state index contributed by atoms with van der Waals surface area (Å²) in [7, 11) is 1.67. The van der Waals surface area contributed by atoms with Gasteiger partial charge in [-0.05, 0) is 24.4 Å². The summed E-state index contributed by atoms with van der Waals surface area (Å²) in [6.07, 6.45) is 0.759. The zero-order valence-electron chi connectivity index (χ0n) is 10.4. The van der Waals surface area contributed by atoms with Crippen LogP contribution < -0.4 is 10.6 Å². The van der Waals surface area contributed by atoms with Gasteiger partial charge in [-0.15, -0.1) is 10.2 Å². The molecular formula is C12H14N4OS2. The maximum atomic E-state index is 5.21. The smallest absolute Gasteiger partial charge is 0.211 e. The van der Waals surface area contributed by atoms with Crippen molar-refractivity contribution < 1.29 is 4.74 Å². The molecule has 0 fully saturated rings. The van der Waals surface area contributed by atoms with Gasteiger partial charge in [0.25, 0.3) is 0 Å². The van der Waals surface area contributed by atoms with Gasteiger partial charge in [-0.2, -0.15) is 0 Å². The quantitative estimate of drug-likeness (QED) is 0.827. The number of hydrogen-bond acceptors (Lipinski definition) is 5. The highest BCUT2D eigenvalue weighted by Gasteiger charge is 2.05. The van der Waals surface area contributed by atoms with Crippen LogP contribution in [0.25, 0.3) is 0 Å². The molecule has 0 bridgehead atoms.